The molecule has 0 heterocycles. The number of hydrogen-bond donors (Lipinski definition) is 1. The largest absolute Gasteiger partial charge is 0.288 e. The Morgan fingerprint density at radius 1 is 1.31 bits per heavy atom. The second-order valence-electron chi connectivity index (χ2n) is 3.37. The zero-order valence-electron chi connectivity index (χ0n) is 9.59. The third-order valence-corrected chi connectivity index (χ3v) is 4.04. The molecule has 0 spiro atoms. The van der Waals surface area contributed by atoms with Gasteiger partial charge in [-0.25, -0.2) is 0 Å². The maximum atomic E-state index is 5.09. The molecule has 1 aromatic carbocycles. The number of hydrogen-bond acceptors (Lipinski definition) is 3. The monoisotopic (exact) mass is 271 g/mol. The Balaban J connectivity index is 2.90. The van der Waals surface area contributed by atoms with Gasteiger partial charge in [0.15, 0.2) is 0 Å². The van der Waals surface area contributed by atoms with Crippen LogP contribution < -0.4 is 0 Å². The molecule has 0 aliphatic carbocycles. The Morgan fingerprint density at radius 2 is 1.88 bits per heavy atom. The van der Waals surface area contributed by atoms with Crippen LogP contribution in [0.2, 0.25) is 0 Å². The van der Waals surface area contributed by atoms with E-state index in [4.69, 9.17) is 12.2 Å². The van der Waals surface area contributed by atoms with Crippen molar-refractivity contribution in [2.24, 2.45) is 0 Å². The number of nitrogens with zero attached hydrogens (tertiary/aromatic N) is 1. The van der Waals surface area contributed by atoms with Crippen molar-refractivity contribution in [2.45, 2.75) is 19.2 Å². The summed E-state index contributed by atoms with van der Waals surface area (Å²) in [5, 5.41) is 0.279. The van der Waals surface area contributed by atoms with Crippen LogP contribution in [0.15, 0.2) is 30.3 Å². The van der Waals surface area contributed by atoms with Crippen molar-refractivity contribution < 1.29 is 0 Å². The highest BCUT2D eigenvalue weighted by Crippen LogP contribution is 2.34. The van der Waals surface area contributed by atoms with Crippen molar-refractivity contribution in [3.63, 3.8) is 0 Å². The minimum atomic E-state index is 0.279. The van der Waals surface area contributed by atoms with E-state index in [1.165, 1.54) is 5.56 Å². The second-order valence-corrected chi connectivity index (χ2v) is 6.18. The fourth-order valence-corrected chi connectivity index (χ4v) is 3.13. The van der Waals surface area contributed by atoms with Crippen LogP contribution in [0.4, 0.5) is 0 Å². The molecule has 88 valence electrons. The molecule has 1 atom stereocenters. The lowest BCUT2D eigenvalue weighted by molar-refractivity contribution is 0.288. The molecule has 0 saturated heterocycles. The highest BCUT2D eigenvalue weighted by Gasteiger charge is 2.18. The van der Waals surface area contributed by atoms with Gasteiger partial charge in [-0.1, -0.05) is 68.2 Å². The van der Waals surface area contributed by atoms with Crippen molar-refractivity contribution in [1.29, 1.82) is 0 Å². The maximum absolute atomic E-state index is 5.09. The molecule has 0 bridgehead atoms. The van der Waals surface area contributed by atoms with E-state index in [0.29, 0.717) is 3.53 Å². The highest BCUT2D eigenvalue weighted by molar-refractivity contribution is 8.41. The van der Waals surface area contributed by atoms with Crippen LogP contribution in [0, 0.1) is 0 Å². The van der Waals surface area contributed by atoms with Crippen molar-refractivity contribution in [1.82, 2.24) is 4.90 Å². The summed E-state index contributed by atoms with van der Waals surface area (Å²) in [5.41, 5.74) is 1.28. The number of thioether (sulfide) groups is 1. The van der Waals surface area contributed by atoms with Crippen molar-refractivity contribution in [2.75, 3.05) is 13.1 Å². The number of thiol groups is 1. The summed E-state index contributed by atoms with van der Waals surface area (Å²) >= 11 is 10.9. The standard InChI is InChI=1S/C12H17NS3/c1-3-13(4-2)11(16-12(14)15)10-8-6-5-7-9-10/h5-9,11H,3-4H2,1-2H3,(H,14,15). The Morgan fingerprint density at radius 3 is 2.31 bits per heavy atom. The van der Waals surface area contributed by atoms with Crippen molar-refractivity contribution in [3.05, 3.63) is 35.9 Å². The van der Waals surface area contributed by atoms with Gasteiger partial charge < -0.3 is 0 Å². The van der Waals surface area contributed by atoms with Gasteiger partial charge in [0.1, 0.15) is 3.53 Å². The Kier molecular flexibility index (Phi) is 6.43. The van der Waals surface area contributed by atoms with Gasteiger partial charge in [0, 0.05) is 0 Å². The normalized spacial score (nSPS) is 12.8. The van der Waals surface area contributed by atoms with Crippen LogP contribution in [0.3, 0.4) is 0 Å². The predicted octanol–water partition coefficient (Wildman–Crippen LogP) is 3.97. The Bertz CT molecular complexity index is 322. The first kappa shape index (κ1) is 14.0. The third-order valence-electron chi connectivity index (χ3n) is 2.44. The molecule has 1 nitrogen and oxygen atoms in total. The third kappa shape index (κ3) is 4.09. The number of thiocarbonyl (C=S) groups is 1. The first-order chi connectivity index (χ1) is 7.69. The van der Waals surface area contributed by atoms with Crippen LogP contribution in [-0.2, 0) is 0 Å². The van der Waals surface area contributed by atoms with Gasteiger partial charge >= 0.3 is 0 Å². The molecule has 1 aromatic rings. The lowest BCUT2D eigenvalue weighted by Crippen LogP contribution is -2.26. The van der Waals surface area contributed by atoms with E-state index in [0.717, 1.165) is 13.1 Å². The lowest BCUT2D eigenvalue weighted by atomic mass is 10.2. The first-order valence-corrected chi connectivity index (χ1v) is 7.11. The van der Waals surface area contributed by atoms with E-state index in [1.54, 1.807) is 11.8 Å². The molecule has 0 radical (unpaired) electrons. The lowest BCUT2D eigenvalue weighted by Gasteiger charge is -2.28. The summed E-state index contributed by atoms with van der Waals surface area (Å²) in [7, 11) is 0. The van der Waals surface area contributed by atoms with E-state index in [2.05, 4.69) is 55.6 Å². The van der Waals surface area contributed by atoms with E-state index < -0.39 is 0 Å². The topological polar surface area (TPSA) is 3.24 Å². The van der Waals surface area contributed by atoms with Gasteiger partial charge in [-0.05, 0) is 18.7 Å². The summed E-state index contributed by atoms with van der Waals surface area (Å²) in [6.45, 7) is 6.36. The molecular weight excluding hydrogens is 254 g/mol. The van der Waals surface area contributed by atoms with E-state index in [1.807, 2.05) is 6.07 Å². The van der Waals surface area contributed by atoms with Gasteiger partial charge in [0.05, 0.1) is 5.37 Å². The molecule has 0 amide bonds. The zero-order valence-corrected chi connectivity index (χ0v) is 12.1. The molecule has 0 N–H and O–H groups in total. The van der Waals surface area contributed by atoms with Crippen molar-refractivity contribution in [3.8, 4) is 0 Å². The Labute approximate surface area is 113 Å². The maximum Gasteiger partial charge on any atom is 0.103 e. The van der Waals surface area contributed by atoms with Gasteiger partial charge in [0.2, 0.25) is 0 Å². The average molecular weight is 271 g/mol. The first-order valence-electron chi connectivity index (χ1n) is 5.37. The molecule has 0 aromatic heterocycles. The fourth-order valence-electron chi connectivity index (χ4n) is 1.62. The van der Waals surface area contributed by atoms with E-state index in [-0.39, 0.29) is 5.37 Å². The van der Waals surface area contributed by atoms with Crippen LogP contribution in [0.5, 0.6) is 0 Å². The van der Waals surface area contributed by atoms with Gasteiger partial charge in [-0.3, -0.25) is 4.90 Å². The predicted molar refractivity (Wildman–Crippen MR) is 81.3 cm³/mol. The summed E-state index contributed by atoms with van der Waals surface area (Å²) in [5.74, 6) is 0. The molecule has 1 rings (SSSR count). The fraction of sp³-hybridized carbons (Fsp3) is 0.417. The smallest absolute Gasteiger partial charge is 0.103 e. The number of rotatable bonds is 5. The SMILES string of the molecule is CCN(CC)C(SC(=S)S)c1ccccc1. The molecule has 16 heavy (non-hydrogen) atoms. The van der Waals surface area contributed by atoms with Crippen LogP contribution in [-0.4, -0.2) is 21.5 Å². The molecule has 4 heteroatoms. The van der Waals surface area contributed by atoms with E-state index >= 15 is 0 Å². The summed E-state index contributed by atoms with van der Waals surface area (Å²) in [6.07, 6.45) is 0. The summed E-state index contributed by atoms with van der Waals surface area (Å²) in [4.78, 5) is 2.38. The second kappa shape index (κ2) is 7.33. The molecule has 0 aliphatic rings. The van der Waals surface area contributed by atoms with E-state index in [9.17, 15) is 0 Å². The summed E-state index contributed by atoms with van der Waals surface area (Å²) < 4.78 is 0.695. The average Bonchev–Trinajstić information content (AvgIpc) is 2.30. The van der Waals surface area contributed by atoms with Crippen LogP contribution >= 0.6 is 36.6 Å². The molecule has 0 aliphatic heterocycles. The molecule has 1 unspecified atom stereocenters. The van der Waals surface area contributed by atoms with Gasteiger partial charge in [-0.2, -0.15) is 0 Å². The molecule has 0 saturated carbocycles. The summed E-state index contributed by atoms with van der Waals surface area (Å²) in [6, 6.07) is 10.4. The van der Waals surface area contributed by atoms with Crippen LogP contribution in [0.25, 0.3) is 0 Å². The highest BCUT2D eigenvalue weighted by atomic mass is 32.2. The van der Waals surface area contributed by atoms with Crippen molar-refractivity contribution >= 4 is 40.1 Å². The zero-order chi connectivity index (χ0) is 12.0. The molecular formula is C12H17NS3. The minimum absolute atomic E-state index is 0.279. The quantitative estimate of drug-likeness (QED) is 0.491. The minimum Gasteiger partial charge on any atom is -0.288 e. The molecule has 0 fully saturated rings. The van der Waals surface area contributed by atoms with Gasteiger partial charge in [0.25, 0.3) is 0 Å². The Hall–Kier alpha value is -0.0300. The van der Waals surface area contributed by atoms with Crippen LogP contribution in [0.1, 0.15) is 24.8 Å². The van der Waals surface area contributed by atoms with Gasteiger partial charge in [-0.15, -0.1) is 12.6 Å². The number of benzene rings is 1.